The van der Waals surface area contributed by atoms with Crippen molar-refractivity contribution in [2.45, 2.75) is 19.8 Å². The van der Waals surface area contributed by atoms with E-state index in [0.29, 0.717) is 5.92 Å². The minimum Gasteiger partial charge on any atom is -0.457 e. The number of para-hydroxylation sites is 1. The molecule has 0 aliphatic rings. The molecule has 0 spiro atoms. The molecule has 2 heteroatoms. The predicted octanol–water partition coefficient (Wildman–Crippen LogP) is 5.14. The van der Waals surface area contributed by atoms with Crippen LogP contribution in [0.2, 0.25) is 0 Å². The summed E-state index contributed by atoms with van der Waals surface area (Å²) in [6, 6.07) is 18.1. The van der Waals surface area contributed by atoms with E-state index in [2.05, 4.69) is 30.8 Å². The lowest BCUT2D eigenvalue weighted by molar-refractivity contribution is 0.482. The van der Waals surface area contributed by atoms with E-state index in [9.17, 15) is 0 Å². The third-order valence-electron chi connectivity index (χ3n) is 2.53. The number of hydrogen-bond donors (Lipinski definition) is 0. The monoisotopic (exact) mass is 253 g/mol. The van der Waals surface area contributed by atoms with Crippen molar-refractivity contribution in [1.82, 2.24) is 0 Å². The molecule has 98 valence electrons. The number of nitrogens with zero attached hydrogens (tertiary/aromatic N) is 1. The third-order valence-corrected chi connectivity index (χ3v) is 2.53. The summed E-state index contributed by atoms with van der Waals surface area (Å²) in [7, 11) is 1.42. The molecule has 0 aliphatic heterocycles. The van der Waals surface area contributed by atoms with E-state index in [1.165, 1.54) is 12.6 Å². The first-order chi connectivity index (χ1) is 9.17. The zero-order valence-electron chi connectivity index (χ0n) is 11.6. The summed E-state index contributed by atoms with van der Waals surface area (Å²) < 4.78 is 5.71. The Kier molecular flexibility index (Phi) is 6.18. The smallest absolute Gasteiger partial charge is 0.205 e. The second-order valence-corrected chi connectivity index (χ2v) is 4.36. The van der Waals surface area contributed by atoms with Crippen molar-refractivity contribution in [3.8, 4) is 11.5 Å². The Balaban J connectivity index is 0.000000550. The van der Waals surface area contributed by atoms with Crippen molar-refractivity contribution >= 4 is 0 Å². The second kappa shape index (κ2) is 7.94. The molecule has 2 aromatic carbocycles. The summed E-state index contributed by atoms with van der Waals surface area (Å²) in [6.07, 6.45) is 0. The van der Waals surface area contributed by atoms with Crippen LogP contribution in [-0.4, -0.2) is 7.05 Å². The molecule has 2 rings (SSSR count). The Morgan fingerprint density at radius 3 is 1.84 bits per heavy atom. The van der Waals surface area contributed by atoms with Gasteiger partial charge in [-0.2, -0.15) is 0 Å². The van der Waals surface area contributed by atoms with Crippen molar-refractivity contribution in [1.29, 1.82) is 0 Å². The molecule has 0 fully saturated rings. The highest BCUT2D eigenvalue weighted by molar-refractivity contribution is 5.33. The van der Waals surface area contributed by atoms with Gasteiger partial charge in [0.2, 0.25) is 7.05 Å². The minimum absolute atomic E-state index is 0.561. The second-order valence-electron chi connectivity index (χ2n) is 4.36. The maximum Gasteiger partial charge on any atom is 0.205 e. The number of benzene rings is 2. The number of rotatable bonds is 3. The summed E-state index contributed by atoms with van der Waals surface area (Å²) in [5.41, 5.74) is 1.33. The van der Waals surface area contributed by atoms with Gasteiger partial charge in [0, 0.05) is 0 Å². The van der Waals surface area contributed by atoms with Crippen molar-refractivity contribution < 1.29 is 4.74 Å². The van der Waals surface area contributed by atoms with Gasteiger partial charge in [0.25, 0.3) is 0 Å². The molecule has 0 unspecified atom stereocenters. The summed E-state index contributed by atoms with van der Waals surface area (Å²) in [4.78, 5) is 2.75. The molecular formula is C17H19NO. The maximum absolute atomic E-state index is 5.83. The Morgan fingerprint density at radius 1 is 0.895 bits per heavy atom. The van der Waals surface area contributed by atoms with Crippen LogP contribution >= 0.6 is 0 Å². The van der Waals surface area contributed by atoms with Crippen LogP contribution in [0.15, 0.2) is 54.6 Å². The van der Waals surface area contributed by atoms with Crippen LogP contribution in [-0.2, 0) is 0 Å². The summed E-state index contributed by atoms with van der Waals surface area (Å²) in [5.74, 6) is 2.32. The van der Waals surface area contributed by atoms with Crippen molar-refractivity contribution in [2.75, 3.05) is 7.05 Å². The molecule has 0 amide bonds. The zero-order valence-corrected chi connectivity index (χ0v) is 11.6. The van der Waals surface area contributed by atoms with Crippen molar-refractivity contribution in [3.63, 3.8) is 0 Å². The molecule has 2 nitrogen and oxygen atoms in total. The van der Waals surface area contributed by atoms with E-state index in [4.69, 9.17) is 11.3 Å². The van der Waals surface area contributed by atoms with Crippen LogP contribution in [0.4, 0.5) is 0 Å². The van der Waals surface area contributed by atoms with Gasteiger partial charge in [0.1, 0.15) is 11.5 Å². The number of ether oxygens (including phenoxy) is 1. The van der Waals surface area contributed by atoms with Crippen molar-refractivity contribution in [3.05, 3.63) is 71.6 Å². The average molecular weight is 253 g/mol. The van der Waals surface area contributed by atoms with Crippen LogP contribution in [0, 0.1) is 6.57 Å². The fourth-order valence-corrected chi connectivity index (χ4v) is 1.55. The molecule has 19 heavy (non-hydrogen) atoms. The summed E-state index contributed by atoms with van der Waals surface area (Å²) in [5, 5.41) is 0. The molecule has 0 saturated heterocycles. The van der Waals surface area contributed by atoms with Gasteiger partial charge in [-0.25, -0.2) is 6.57 Å². The Morgan fingerprint density at radius 2 is 1.37 bits per heavy atom. The molecule has 0 aliphatic carbocycles. The van der Waals surface area contributed by atoms with Gasteiger partial charge < -0.3 is 9.58 Å². The normalized spacial score (nSPS) is 9.21. The van der Waals surface area contributed by atoms with Gasteiger partial charge in [-0.1, -0.05) is 44.2 Å². The average Bonchev–Trinajstić information content (AvgIpc) is 2.41. The van der Waals surface area contributed by atoms with Crippen LogP contribution < -0.4 is 4.74 Å². The van der Waals surface area contributed by atoms with Gasteiger partial charge in [-0.3, -0.25) is 0 Å². The van der Waals surface area contributed by atoms with Gasteiger partial charge in [-0.15, -0.1) is 0 Å². The van der Waals surface area contributed by atoms with E-state index >= 15 is 0 Å². The minimum atomic E-state index is 0.561. The molecule has 2 aromatic rings. The first kappa shape index (κ1) is 14.8. The Labute approximate surface area is 115 Å². The van der Waals surface area contributed by atoms with Crippen molar-refractivity contribution in [2.24, 2.45) is 0 Å². The van der Waals surface area contributed by atoms with Crippen LogP contribution in [0.1, 0.15) is 25.3 Å². The highest BCUT2D eigenvalue weighted by atomic mass is 16.5. The van der Waals surface area contributed by atoms with Gasteiger partial charge in [-0.05, 0) is 35.7 Å². The third kappa shape index (κ3) is 5.27. The molecule has 0 atom stereocenters. The molecule has 0 heterocycles. The maximum atomic E-state index is 5.83. The summed E-state index contributed by atoms with van der Waals surface area (Å²) in [6.45, 7) is 10.2. The highest BCUT2D eigenvalue weighted by Crippen LogP contribution is 2.23. The quantitative estimate of drug-likeness (QED) is 0.691. The summed E-state index contributed by atoms with van der Waals surface area (Å²) >= 11 is 0. The molecule has 0 saturated carbocycles. The molecule has 0 N–H and O–H groups in total. The molecule has 0 bridgehead atoms. The Bertz CT molecular complexity index is 509. The Hall–Kier alpha value is -2.27. The van der Waals surface area contributed by atoms with Crippen LogP contribution in [0.3, 0.4) is 0 Å². The van der Waals surface area contributed by atoms with Gasteiger partial charge in [0.05, 0.1) is 0 Å². The van der Waals surface area contributed by atoms with Gasteiger partial charge >= 0.3 is 0 Å². The SMILES string of the molecule is CC(C)c1ccc(Oc2ccccc2)cc1.[C-]#[N+]C. The topological polar surface area (TPSA) is 13.6 Å². The number of hydrogen-bond acceptors (Lipinski definition) is 1. The van der Waals surface area contributed by atoms with E-state index < -0.39 is 0 Å². The largest absolute Gasteiger partial charge is 0.457 e. The molecular weight excluding hydrogens is 234 g/mol. The zero-order chi connectivity index (χ0) is 14.1. The molecule has 0 aromatic heterocycles. The fourth-order valence-electron chi connectivity index (χ4n) is 1.55. The lowest BCUT2D eigenvalue weighted by Gasteiger charge is -2.08. The first-order valence-corrected chi connectivity index (χ1v) is 6.25. The van der Waals surface area contributed by atoms with E-state index in [0.717, 1.165) is 11.5 Å². The lowest BCUT2D eigenvalue weighted by Crippen LogP contribution is -1.88. The van der Waals surface area contributed by atoms with E-state index in [1.54, 1.807) is 0 Å². The highest BCUT2D eigenvalue weighted by Gasteiger charge is 2.00. The first-order valence-electron chi connectivity index (χ1n) is 6.25. The molecule has 0 radical (unpaired) electrons. The lowest BCUT2D eigenvalue weighted by atomic mass is 10.0. The van der Waals surface area contributed by atoms with E-state index in [-0.39, 0.29) is 0 Å². The predicted molar refractivity (Wildman–Crippen MR) is 79.6 cm³/mol. The van der Waals surface area contributed by atoms with Crippen LogP contribution in [0.5, 0.6) is 11.5 Å². The van der Waals surface area contributed by atoms with Crippen LogP contribution in [0.25, 0.3) is 4.85 Å². The van der Waals surface area contributed by atoms with Gasteiger partial charge in [0.15, 0.2) is 0 Å². The van der Waals surface area contributed by atoms with E-state index in [1.807, 2.05) is 42.5 Å². The fraction of sp³-hybridized carbons (Fsp3) is 0.235. The standard InChI is InChI=1S/C15H16O.C2H3N/c1-12(2)13-8-10-15(11-9-13)16-14-6-4-3-5-7-14;1-3-2/h3-12H,1-2H3;1H3.